The maximum atomic E-state index is 13.3. The first kappa shape index (κ1) is 20.1. The smallest absolute Gasteiger partial charge is 0.266 e. The van der Waals surface area contributed by atoms with Crippen LogP contribution in [-0.4, -0.2) is 42.9 Å². The van der Waals surface area contributed by atoms with Crippen molar-refractivity contribution in [3.05, 3.63) is 23.8 Å². The van der Waals surface area contributed by atoms with Crippen molar-refractivity contribution in [1.82, 2.24) is 0 Å². The van der Waals surface area contributed by atoms with E-state index in [1.54, 1.807) is 0 Å². The maximum Gasteiger partial charge on any atom is 0.266 e. The molecule has 0 amide bonds. The normalized spacial score (nSPS) is 16.7. The number of aliphatic hydroxyl groups excluding tert-OH is 1. The van der Waals surface area contributed by atoms with Gasteiger partial charge in [0.25, 0.3) is 12.3 Å². The summed E-state index contributed by atoms with van der Waals surface area (Å²) in [6.45, 7) is 1.90. The second-order valence-electron chi connectivity index (χ2n) is 4.72. The predicted octanol–water partition coefficient (Wildman–Crippen LogP) is 3.91. The summed E-state index contributed by atoms with van der Waals surface area (Å²) in [5.74, 6) is -2.96. The van der Waals surface area contributed by atoms with Crippen molar-refractivity contribution in [1.29, 1.82) is 0 Å². The van der Waals surface area contributed by atoms with Gasteiger partial charge in [-0.3, -0.25) is 0 Å². The van der Waals surface area contributed by atoms with Crippen LogP contribution in [0, 0.1) is 0 Å². The molecular formula is C14H21F5O2. The van der Waals surface area contributed by atoms with Gasteiger partial charge in [0.2, 0.25) is 0 Å². The highest BCUT2D eigenvalue weighted by Crippen LogP contribution is 2.23. The first-order chi connectivity index (χ1) is 9.64. The third-order valence-corrected chi connectivity index (χ3v) is 2.75. The summed E-state index contributed by atoms with van der Waals surface area (Å²) >= 11 is 0. The molecule has 0 spiro atoms. The largest absolute Gasteiger partial charge is 0.387 e. The standard InChI is InChI=1S/C14H21F5O2/c1-10(14(2,18)19)5-6-11(15)4-3-8-21-9-7-12(20)13(16)17/h3-5,11-13,20H,6-9H2,1-2H3/b4-3?,10-5+. The Bertz CT molecular complexity index is 337. The van der Waals surface area contributed by atoms with Crippen molar-refractivity contribution in [3.8, 4) is 0 Å². The molecule has 0 bridgehead atoms. The van der Waals surface area contributed by atoms with Crippen LogP contribution >= 0.6 is 0 Å². The van der Waals surface area contributed by atoms with Gasteiger partial charge in [-0.15, -0.1) is 0 Å². The molecule has 124 valence electrons. The second kappa shape index (κ2) is 9.89. The van der Waals surface area contributed by atoms with Crippen LogP contribution in [0.2, 0.25) is 0 Å². The number of alkyl halides is 5. The zero-order valence-electron chi connectivity index (χ0n) is 12.0. The molecule has 0 aromatic carbocycles. The van der Waals surface area contributed by atoms with Gasteiger partial charge in [-0.2, -0.15) is 0 Å². The van der Waals surface area contributed by atoms with Crippen molar-refractivity contribution >= 4 is 0 Å². The van der Waals surface area contributed by atoms with Crippen LogP contribution in [-0.2, 0) is 4.74 Å². The molecule has 0 rings (SSSR count). The van der Waals surface area contributed by atoms with E-state index in [9.17, 15) is 22.0 Å². The molecule has 2 atom stereocenters. The molecule has 0 saturated heterocycles. The number of halogens is 5. The molecule has 0 aliphatic rings. The average molecular weight is 316 g/mol. The van der Waals surface area contributed by atoms with Crippen LogP contribution in [0.5, 0.6) is 0 Å². The summed E-state index contributed by atoms with van der Waals surface area (Å²) in [7, 11) is 0. The van der Waals surface area contributed by atoms with E-state index < -0.39 is 24.6 Å². The maximum absolute atomic E-state index is 13.3. The van der Waals surface area contributed by atoms with E-state index >= 15 is 0 Å². The summed E-state index contributed by atoms with van der Waals surface area (Å²) in [5.41, 5.74) is -0.198. The van der Waals surface area contributed by atoms with Gasteiger partial charge in [-0.1, -0.05) is 18.2 Å². The van der Waals surface area contributed by atoms with Gasteiger partial charge in [0.05, 0.1) is 6.61 Å². The van der Waals surface area contributed by atoms with Crippen molar-refractivity contribution in [3.63, 3.8) is 0 Å². The van der Waals surface area contributed by atoms with Crippen molar-refractivity contribution in [2.75, 3.05) is 13.2 Å². The number of hydrogen-bond acceptors (Lipinski definition) is 2. The Balaban J connectivity index is 3.84. The molecule has 21 heavy (non-hydrogen) atoms. The Kier molecular flexibility index (Phi) is 9.44. The van der Waals surface area contributed by atoms with Gasteiger partial charge >= 0.3 is 0 Å². The van der Waals surface area contributed by atoms with Crippen LogP contribution in [0.1, 0.15) is 26.7 Å². The van der Waals surface area contributed by atoms with Gasteiger partial charge < -0.3 is 9.84 Å². The lowest BCUT2D eigenvalue weighted by Crippen LogP contribution is -2.19. The number of allylic oxidation sites excluding steroid dienone is 3. The van der Waals surface area contributed by atoms with Gasteiger partial charge in [-0.05, 0) is 12.5 Å². The van der Waals surface area contributed by atoms with Crippen molar-refractivity contribution < 1.29 is 31.8 Å². The van der Waals surface area contributed by atoms with Crippen LogP contribution in [0.3, 0.4) is 0 Å². The fourth-order valence-corrected chi connectivity index (χ4v) is 1.23. The van der Waals surface area contributed by atoms with Crippen LogP contribution < -0.4 is 0 Å². The summed E-state index contributed by atoms with van der Waals surface area (Å²) in [6.07, 6.45) is -2.72. The SMILES string of the molecule is C/C(=C\CC(F)C=CCOCCC(O)C(F)F)C(C)(F)F. The lowest BCUT2D eigenvalue weighted by molar-refractivity contribution is -0.0223. The van der Waals surface area contributed by atoms with E-state index in [2.05, 4.69) is 0 Å². The Morgan fingerprint density at radius 3 is 2.43 bits per heavy atom. The highest BCUT2D eigenvalue weighted by Gasteiger charge is 2.23. The van der Waals surface area contributed by atoms with E-state index in [0.29, 0.717) is 0 Å². The molecule has 2 unspecified atom stereocenters. The van der Waals surface area contributed by atoms with Crippen LogP contribution in [0.4, 0.5) is 22.0 Å². The minimum absolute atomic E-state index is 0.00299. The first-order valence-electron chi connectivity index (χ1n) is 6.54. The van der Waals surface area contributed by atoms with Crippen molar-refractivity contribution in [2.45, 2.75) is 51.3 Å². The highest BCUT2D eigenvalue weighted by molar-refractivity contribution is 5.09. The van der Waals surface area contributed by atoms with Gasteiger partial charge in [0, 0.05) is 26.4 Å². The van der Waals surface area contributed by atoms with E-state index in [1.165, 1.54) is 13.0 Å². The zero-order valence-corrected chi connectivity index (χ0v) is 12.0. The lowest BCUT2D eigenvalue weighted by atomic mass is 10.1. The summed E-state index contributed by atoms with van der Waals surface area (Å²) in [5, 5.41) is 8.78. The number of rotatable bonds is 10. The minimum atomic E-state index is -2.96. The second-order valence-corrected chi connectivity index (χ2v) is 4.72. The Hall–Kier alpha value is -0.950. The zero-order chi connectivity index (χ0) is 16.5. The fraction of sp³-hybridized carbons (Fsp3) is 0.714. The minimum Gasteiger partial charge on any atom is -0.387 e. The molecule has 0 saturated carbocycles. The van der Waals surface area contributed by atoms with Crippen LogP contribution in [0.25, 0.3) is 0 Å². The quantitative estimate of drug-likeness (QED) is 0.376. The monoisotopic (exact) mass is 316 g/mol. The highest BCUT2D eigenvalue weighted by atomic mass is 19.3. The third kappa shape index (κ3) is 10.4. The molecule has 0 heterocycles. The summed E-state index contributed by atoms with van der Waals surface area (Å²) < 4.78 is 67.6. The number of ether oxygens (including phenoxy) is 1. The lowest BCUT2D eigenvalue weighted by Gasteiger charge is -2.10. The Labute approximate surface area is 121 Å². The molecule has 0 aromatic rings. The molecular weight excluding hydrogens is 295 g/mol. The topological polar surface area (TPSA) is 29.5 Å². The van der Waals surface area contributed by atoms with Crippen LogP contribution in [0.15, 0.2) is 23.8 Å². The fourth-order valence-electron chi connectivity index (χ4n) is 1.23. The molecule has 2 nitrogen and oxygen atoms in total. The molecule has 1 N–H and O–H groups in total. The molecule has 0 aliphatic heterocycles. The average Bonchev–Trinajstić information content (AvgIpc) is 2.38. The molecule has 0 radical (unpaired) electrons. The summed E-state index contributed by atoms with van der Waals surface area (Å²) in [4.78, 5) is 0. The molecule has 7 heteroatoms. The van der Waals surface area contributed by atoms with E-state index in [1.807, 2.05) is 0 Å². The van der Waals surface area contributed by atoms with E-state index in [-0.39, 0.29) is 31.6 Å². The van der Waals surface area contributed by atoms with Gasteiger partial charge in [0.15, 0.2) is 0 Å². The summed E-state index contributed by atoms with van der Waals surface area (Å²) in [6, 6.07) is 0. The molecule has 0 aliphatic carbocycles. The van der Waals surface area contributed by atoms with E-state index in [4.69, 9.17) is 9.84 Å². The first-order valence-corrected chi connectivity index (χ1v) is 6.54. The van der Waals surface area contributed by atoms with E-state index in [0.717, 1.165) is 19.1 Å². The van der Waals surface area contributed by atoms with Gasteiger partial charge in [0.1, 0.15) is 12.3 Å². The van der Waals surface area contributed by atoms with Crippen molar-refractivity contribution in [2.24, 2.45) is 0 Å². The number of aliphatic hydroxyl groups is 1. The Morgan fingerprint density at radius 2 is 1.90 bits per heavy atom. The number of hydrogen-bond donors (Lipinski definition) is 1. The molecule has 0 fully saturated rings. The predicted molar refractivity (Wildman–Crippen MR) is 70.5 cm³/mol. The van der Waals surface area contributed by atoms with Gasteiger partial charge in [-0.25, -0.2) is 22.0 Å². The molecule has 0 aromatic heterocycles. The Morgan fingerprint density at radius 1 is 1.29 bits per heavy atom. The third-order valence-electron chi connectivity index (χ3n) is 2.75.